The van der Waals surface area contributed by atoms with E-state index in [4.69, 9.17) is 0 Å². The van der Waals surface area contributed by atoms with E-state index in [-0.39, 0.29) is 0 Å². The maximum absolute atomic E-state index is 2.82. The van der Waals surface area contributed by atoms with Crippen LogP contribution in [-0.2, 0) is 0 Å². The standard InChI is InChI=1S/C2H9IN4/c1-2-4-6-7-5-3/h4-7H,2H2,1H3. The van der Waals surface area contributed by atoms with Gasteiger partial charge in [-0.05, 0) is 0 Å². The zero-order chi connectivity index (χ0) is 5.54. The summed E-state index contributed by atoms with van der Waals surface area (Å²) in [5.41, 5.74) is 8.11. The molecular formula is C2H9IN4. The Morgan fingerprint density at radius 1 is 1.43 bits per heavy atom. The molecule has 0 heterocycles. The highest BCUT2D eigenvalue weighted by Crippen LogP contribution is 1.52. The van der Waals surface area contributed by atoms with Crippen molar-refractivity contribution in [3.8, 4) is 0 Å². The first kappa shape index (κ1) is 7.57. The third-order valence-corrected chi connectivity index (χ3v) is 0.645. The van der Waals surface area contributed by atoms with Gasteiger partial charge in [0, 0.05) is 29.4 Å². The van der Waals surface area contributed by atoms with Gasteiger partial charge in [0.2, 0.25) is 0 Å². The van der Waals surface area contributed by atoms with Gasteiger partial charge in [-0.3, -0.25) is 0 Å². The largest absolute Gasteiger partial charge is 0.243 e. The Bertz CT molecular complexity index is 28.9. The molecule has 0 saturated heterocycles. The summed E-state index contributed by atoms with van der Waals surface area (Å²) >= 11 is 1.96. The zero-order valence-electron chi connectivity index (χ0n) is 4.09. The molecule has 5 heteroatoms. The average molecular weight is 216 g/mol. The molecule has 0 unspecified atom stereocenters. The molecule has 4 N–H and O–H groups in total. The predicted molar refractivity (Wildman–Crippen MR) is 37.1 cm³/mol. The minimum Gasteiger partial charge on any atom is -0.243 e. The fraction of sp³-hybridized carbons (Fsp3) is 1.00. The fourth-order valence-electron chi connectivity index (χ4n) is 0.156. The van der Waals surface area contributed by atoms with Crippen LogP contribution in [0.15, 0.2) is 0 Å². The second kappa shape index (κ2) is 6.57. The first-order valence-electron chi connectivity index (χ1n) is 2.00. The molecular weight excluding hydrogens is 207 g/mol. The molecule has 4 nitrogen and oxygen atoms in total. The highest BCUT2D eigenvalue weighted by molar-refractivity contribution is 14.1. The number of nitrogens with one attached hydrogen (secondary N) is 4. The van der Waals surface area contributed by atoms with Crippen LogP contribution in [-0.4, -0.2) is 6.54 Å². The SMILES string of the molecule is CCNNNNI. The molecule has 0 rings (SSSR count). The van der Waals surface area contributed by atoms with Crippen LogP contribution in [0.1, 0.15) is 6.92 Å². The molecule has 0 aromatic heterocycles. The van der Waals surface area contributed by atoms with Crippen LogP contribution in [0.4, 0.5) is 0 Å². The molecule has 0 aliphatic carbocycles. The molecule has 0 amide bonds. The summed E-state index contributed by atoms with van der Waals surface area (Å²) in [6.45, 7) is 2.90. The molecule has 7 heavy (non-hydrogen) atoms. The molecule has 44 valence electrons. The molecule has 0 aliphatic heterocycles. The van der Waals surface area contributed by atoms with Gasteiger partial charge in [-0.15, -0.1) is 0 Å². The minimum atomic E-state index is 0.894. The van der Waals surface area contributed by atoms with Gasteiger partial charge in [-0.25, -0.2) is 5.43 Å². The van der Waals surface area contributed by atoms with Gasteiger partial charge in [-0.1, -0.05) is 6.92 Å². The van der Waals surface area contributed by atoms with Crippen molar-refractivity contribution >= 4 is 22.9 Å². The summed E-state index contributed by atoms with van der Waals surface area (Å²) in [5, 5.41) is 0. The summed E-state index contributed by atoms with van der Waals surface area (Å²) in [4.78, 5) is 0. The van der Waals surface area contributed by atoms with Crippen molar-refractivity contribution in [3.05, 3.63) is 0 Å². The van der Waals surface area contributed by atoms with Crippen molar-refractivity contribution in [3.63, 3.8) is 0 Å². The van der Waals surface area contributed by atoms with Crippen molar-refractivity contribution in [2.75, 3.05) is 6.54 Å². The Labute approximate surface area is 56.8 Å². The summed E-state index contributed by atoms with van der Waals surface area (Å²) in [6, 6.07) is 0. The molecule has 0 fully saturated rings. The van der Waals surface area contributed by atoms with Crippen LogP contribution >= 0.6 is 22.9 Å². The number of hydrogen-bond donors (Lipinski definition) is 4. The Hall–Kier alpha value is 0.570. The maximum Gasteiger partial charge on any atom is 0.0347 e. The van der Waals surface area contributed by atoms with Gasteiger partial charge < -0.3 is 0 Å². The van der Waals surface area contributed by atoms with Crippen LogP contribution in [0.25, 0.3) is 0 Å². The molecule has 0 spiro atoms. The van der Waals surface area contributed by atoms with E-state index in [0.29, 0.717) is 0 Å². The lowest BCUT2D eigenvalue weighted by molar-refractivity contribution is 0.442. The monoisotopic (exact) mass is 216 g/mol. The Morgan fingerprint density at radius 3 is 2.57 bits per heavy atom. The van der Waals surface area contributed by atoms with Gasteiger partial charge in [0.1, 0.15) is 0 Å². The van der Waals surface area contributed by atoms with E-state index in [9.17, 15) is 0 Å². The van der Waals surface area contributed by atoms with Gasteiger partial charge in [0.05, 0.1) is 0 Å². The van der Waals surface area contributed by atoms with Gasteiger partial charge in [-0.2, -0.15) is 14.7 Å². The second-order valence-electron chi connectivity index (χ2n) is 0.875. The summed E-state index contributed by atoms with van der Waals surface area (Å²) < 4.78 is 2.65. The van der Waals surface area contributed by atoms with Gasteiger partial charge >= 0.3 is 0 Å². The van der Waals surface area contributed by atoms with Crippen molar-refractivity contribution in [1.29, 1.82) is 0 Å². The van der Waals surface area contributed by atoms with E-state index < -0.39 is 0 Å². The molecule has 0 aromatic rings. The van der Waals surface area contributed by atoms with Crippen LogP contribution in [0.3, 0.4) is 0 Å². The molecule has 0 aliphatic rings. The molecule has 0 saturated carbocycles. The van der Waals surface area contributed by atoms with E-state index in [1.165, 1.54) is 0 Å². The van der Waals surface area contributed by atoms with Crippen molar-refractivity contribution in [2.45, 2.75) is 6.92 Å². The normalized spacial score (nSPS) is 9.43. The highest BCUT2D eigenvalue weighted by atomic mass is 127. The Balaban J connectivity index is 2.45. The van der Waals surface area contributed by atoms with Gasteiger partial charge in [0.15, 0.2) is 0 Å². The minimum absolute atomic E-state index is 0.894. The van der Waals surface area contributed by atoms with E-state index >= 15 is 0 Å². The third-order valence-electron chi connectivity index (χ3n) is 0.375. The molecule has 0 radical (unpaired) electrons. The summed E-state index contributed by atoms with van der Waals surface area (Å²) in [7, 11) is 0. The lowest BCUT2D eigenvalue weighted by atomic mass is 10.8. The first-order valence-corrected chi connectivity index (χ1v) is 3.08. The van der Waals surface area contributed by atoms with Crippen LogP contribution < -0.4 is 20.1 Å². The van der Waals surface area contributed by atoms with Crippen LogP contribution in [0.5, 0.6) is 0 Å². The van der Waals surface area contributed by atoms with Crippen molar-refractivity contribution in [1.82, 2.24) is 20.1 Å². The molecule has 0 bridgehead atoms. The number of hydrogen-bond acceptors (Lipinski definition) is 4. The highest BCUT2D eigenvalue weighted by Gasteiger charge is 1.70. The number of hydrazine groups is 3. The fourth-order valence-corrected chi connectivity index (χ4v) is 0.291. The van der Waals surface area contributed by atoms with E-state index in [0.717, 1.165) is 6.54 Å². The maximum atomic E-state index is 2.82. The molecule has 0 aromatic carbocycles. The molecule has 0 atom stereocenters. The van der Waals surface area contributed by atoms with Crippen LogP contribution in [0, 0.1) is 0 Å². The second-order valence-corrected chi connectivity index (χ2v) is 1.41. The topological polar surface area (TPSA) is 48.1 Å². The van der Waals surface area contributed by atoms with Crippen LogP contribution in [0.2, 0.25) is 0 Å². The summed E-state index contributed by atoms with van der Waals surface area (Å²) in [6.07, 6.45) is 0. The number of halogens is 1. The summed E-state index contributed by atoms with van der Waals surface area (Å²) in [5.74, 6) is 0. The van der Waals surface area contributed by atoms with Gasteiger partial charge in [0.25, 0.3) is 0 Å². The number of rotatable bonds is 4. The van der Waals surface area contributed by atoms with E-state index in [2.05, 4.69) is 20.1 Å². The van der Waals surface area contributed by atoms with E-state index in [1.807, 2.05) is 29.8 Å². The average Bonchev–Trinajstić information content (AvgIpc) is 1.69. The Morgan fingerprint density at radius 2 is 2.14 bits per heavy atom. The van der Waals surface area contributed by atoms with E-state index in [1.54, 1.807) is 0 Å². The predicted octanol–water partition coefficient (Wildman–Crippen LogP) is -0.540. The third kappa shape index (κ3) is 6.57. The lowest BCUT2D eigenvalue weighted by Gasteiger charge is -2.01. The quantitative estimate of drug-likeness (QED) is 0.220. The zero-order valence-corrected chi connectivity index (χ0v) is 6.24. The smallest absolute Gasteiger partial charge is 0.0347 e. The Kier molecular flexibility index (Phi) is 7.10. The lowest BCUT2D eigenvalue weighted by Crippen LogP contribution is -2.46. The first-order chi connectivity index (χ1) is 3.41. The van der Waals surface area contributed by atoms with Crippen molar-refractivity contribution < 1.29 is 0 Å². The van der Waals surface area contributed by atoms with Crippen molar-refractivity contribution in [2.24, 2.45) is 0 Å².